The lowest BCUT2D eigenvalue weighted by Gasteiger charge is -2.17. The molecule has 0 atom stereocenters. The SMILES string of the molecule is Cc1cccc2c(=O)n(CC(=O)N(C)Cc3cccs3)cnc12. The standard InChI is InChI=1S/C17H17N3O2S/c1-12-5-3-7-14-16(12)18-11-20(17(14)22)10-15(21)19(2)9-13-6-4-8-23-13/h3-8,11H,9-10H2,1-2H3. The van der Waals surface area contributed by atoms with E-state index in [-0.39, 0.29) is 18.0 Å². The molecule has 0 spiro atoms. The van der Waals surface area contributed by atoms with Crippen LogP contribution in [0.25, 0.3) is 10.9 Å². The highest BCUT2D eigenvalue weighted by molar-refractivity contribution is 7.09. The molecule has 1 amide bonds. The summed E-state index contributed by atoms with van der Waals surface area (Å²) in [6.45, 7) is 2.46. The second-order valence-electron chi connectivity index (χ2n) is 5.48. The highest BCUT2D eigenvalue weighted by Gasteiger charge is 2.13. The van der Waals surface area contributed by atoms with Crippen LogP contribution in [0.3, 0.4) is 0 Å². The van der Waals surface area contributed by atoms with Crippen molar-refractivity contribution in [2.45, 2.75) is 20.0 Å². The molecule has 2 heterocycles. The Kier molecular flexibility index (Phi) is 4.25. The number of nitrogens with zero attached hydrogens (tertiary/aromatic N) is 3. The minimum Gasteiger partial charge on any atom is -0.339 e. The van der Waals surface area contributed by atoms with Gasteiger partial charge in [-0.05, 0) is 30.0 Å². The van der Waals surface area contributed by atoms with Crippen molar-refractivity contribution < 1.29 is 4.79 Å². The number of hydrogen-bond donors (Lipinski definition) is 0. The number of thiophene rings is 1. The van der Waals surface area contributed by atoms with E-state index in [2.05, 4.69) is 4.98 Å². The van der Waals surface area contributed by atoms with Crippen LogP contribution in [0.4, 0.5) is 0 Å². The summed E-state index contributed by atoms with van der Waals surface area (Å²) < 4.78 is 1.37. The van der Waals surface area contributed by atoms with Crippen LogP contribution in [0.2, 0.25) is 0 Å². The van der Waals surface area contributed by atoms with E-state index in [0.29, 0.717) is 17.4 Å². The molecule has 0 aliphatic rings. The zero-order valence-electron chi connectivity index (χ0n) is 13.0. The Labute approximate surface area is 137 Å². The number of likely N-dealkylation sites (N-methyl/N-ethyl adjacent to an activating group) is 1. The van der Waals surface area contributed by atoms with Crippen LogP contribution in [-0.2, 0) is 17.9 Å². The molecule has 0 unspecified atom stereocenters. The Balaban J connectivity index is 1.82. The van der Waals surface area contributed by atoms with Gasteiger partial charge in [0.25, 0.3) is 5.56 Å². The van der Waals surface area contributed by atoms with E-state index >= 15 is 0 Å². The number of hydrogen-bond acceptors (Lipinski definition) is 4. The molecule has 0 saturated carbocycles. The van der Waals surface area contributed by atoms with Crippen molar-refractivity contribution in [3.63, 3.8) is 0 Å². The number of fused-ring (bicyclic) bond motifs is 1. The zero-order valence-corrected chi connectivity index (χ0v) is 13.8. The van der Waals surface area contributed by atoms with Crippen molar-refractivity contribution in [1.29, 1.82) is 0 Å². The number of carbonyl (C=O) groups excluding carboxylic acids is 1. The number of amides is 1. The van der Waals surface area contributed by atoms with E-state index in [1.54, 1.807) is 29.4 Å². The summed E-state index contributed by atoms with van der Waals surface area (Å²) in [5.74, 6) is -0.116. The maximum Gasteiger partial charge on any atom is 0.261 e. The van der Waals surface area contributed by atoms with Crippen molar-refractivity contribution in [1.82, 2.24) is 14.5 Å². The van der Waals surface area contributed by atoms with Crippen molar-refractivity contribution in [2.24, 2.45) is 0 Å². The van der Waals surface area contributed by atoms with Crippen LogP contribution in [0.1, 0.15) is 10.4 Å². The van der Waals surface area contributed by atoms with Gasteiger partial charge < -0.3 is 4.90 Å². The molecule has 2 aromatic heterocycles. The van der Waals surface area contributed by atoms with E-state index in [1.807, 2.05) is 36.6 Å². The third-order valence-corrected chi connectivity index (χ3v) is 4.62. The monoisotopic (exact) mass is 327 g/mol. The second-order valence-corrected chi connectivity index (χ2v) is 6.51. The summed E-state index contributed by atoms with van der Waals surface area (Å²) in [7, 11) is 1.74. The molecule has 0 bridgehead atoms. The Bertz CT molecular complexity index is 900. The highest BCUT2D eigenvalue weighted by Crippen LogP contribution is 2.12. The Morgan fingerprint density at radius 3 is 2.87 bits per heavy atom. The van der Waals surface area contributed by atoms with Crippen LogP contribution >= 0.6 is 11.3 Å². The van der Waals surface area contributed by atoms with Gasteiger partial charge in [-0.15, -0.1) is 11.3 Å². The van der Waals surface area contributed by atoms with Gasteiger partial charge in [-0.3, -0.25) is 14.2 Å². The van der Waals surface area contributed by atoms with Gasteiger partial charge in [-0.25, -0.2) is 4.98 Å². The molecule has 0 fully saturated rings. The van der Waals surface area contributed by atoms with Crippen LogP contribution in [0.15, 0.2) is 46.8 Å². The van der Waals surface area contributed by atoms with Crippen LogP contribution in [0.5, 0.6) is 0 Å². The lowest BCUT2D eigenvalue weighted by atomic mass is 10.1. The number of rotatable bonds is 4. The molecule has 0 radical (unpaired) electrons. The first-order chi connectivity index (χ1) is 11.1. The Morgan fingerprint density at radius 1 is 1.30 bits per heavy atom. The largest absolute Gasteiger partial charge is 0.339 e. The topological polar surface area (TPSA) is 55.2 Å². The van der Waals surface area contributed by atoms with E-state index in [9.17, 15) is 9.59 Å². The molecular formula is C17H17N3O2S. The first-order valence-electron chi connectivity index (χ1n) is 7.27. The maximum absolute atomic E-state index is 12.5. The van der Waals surface area contributed by atoms with Gasteiger partial charge in [-0.2, -0.15) is 0 Å². The quantitative estimate of drug-likeness (QED) is 0.739. The Morgan fingerprint density at radius 2 is 2.13 bits per heavy atom. The normalized spacial score (nSPS) is 10.9. The van der Waals surface area contributed by atoms with Crippen molar-refractivity contribution in [3.8, 4) is 0 Å². The third-order valence-electron chi connectivity index (χ3n) is 3.76. The molecule has 0 N–H and O–H groups in total. The summed E-state index contributed by atoms with van der Waals surface area (Å²) in [4.78, 5) is 31.9. The fourth-order valence-electron chi connectivity index (χ4n) is 2.44. The molecule has 0 saturated heterocycles. The predicted octanol–water partition coefficient (Wildman–Crippen LogP) is 2.43. The van der Waals surface area contributed by atoms with Crippen molar-refractivity contribution in [3.05, 3.63) is 62.8 Å². The van der Waals surface area contributed by atoms with Gasteiger partial charge in [0.15, 0.2) is 0 Å². The fraction of sp³-hybridized carbons (Fsp3) is 0.235. The average Bonchev–Trinajstić information content (AvgIpc) is 3.03. The van der Waals surface area contributed by atoms with Crippen LogP contribution in [0, 0.1) is 6.92 Å². The number of aryl methyl sites for hydroxylation is 1. The summed E-state index contributed by atoms with van der Waals surface area (Å²) in [6, 6.07) is 9.43. The van der Waals surface area contributed by atoms with Gasteiger partial charge in [-0.1, -0.05) is 18.2 Å². The first-order valence-corrected chi connectivity index (χ1v) is 8.15. The predicted molar refractivity (Wildman–Crippen MR) is 91.5 cm³/mol. The summed E-state index contributed by atoms with van der Waals surface area (Å²) in [6.07, 6.45) is 1.45. The van der Waals surface area contributed by atoms with E-state index in [0.717, 1.165) is 10.4 Å². The van der Waals surface area contributed by atoms with Crippen LogP contribution in [-0.4, -0.2) is 27.4 Å². The zero-order chi connectivity index (χ0) is 16.4. The summed E-state index contributed by atoms with van der Waals surface area (Å²) in [5, 5.41) is 2.52. The van der Waals surface area contributed by atoms with Gasteiger partial charge in [0, 0.05) is 11.9 Å². The number of carbonyl (C=O) groups is 1. The van der Waals surface area contributed by atoms with Gasteiger partial charge >= 0.3 is 0 Å². The van der Waals surface area contributed by atoms with Crippen LogP contribution < -0.4 is 5.56 Å². The molecule has 1 aromatic carbocycles. The van der Waals surface area contributed by atoms with Crippen molar-refractivity contribution in [2.75, 3.05) is 7.05 Å². The first kappa shape index (κ1) is 15.4. The summed E-state index contributed by atoms with van der Waals surface area (Å²) in [5.41, 5.74) is 1.46. The number of para-hydroxylation sites is 1. The van der Waals surface area contributed by atoms with E-state index in [4.69, 9.17) is 0 Å². The maximum atomic E-state index is 12.5. The second kappa shape index (κ2) is 6.34. The summed E-state index contributed by atoms with van der Waals surface area (Å²) >= 11 is 1.61. The smallest absolute Gasteiger partial charge is 0.261 e. The molecule has 0 aliphatic heterocycles. The molecule has 118 valence electrons. The van der Waals surface area contributed by atoms with E-state index < -0.39 is 0 Å². The Hall–Kier alpha value is -2.47. The molecular weight excluding hydrogens is 310 g/mol. The molecule has 3 rings (SSSR count). The van der Waals surface area contributed by atoms with Gasteiger partial charge in [0.05, 0.1) is 23.8 Å². The molecule has 3 aromatic rings. The fourth-order valence-corrected chi connectivity index (χ4v) is 3.20. The molecule has 23 heavy (non-hydrogen) atoms. The lowest BCUT2D eigenvalue weighted by Crippen LogP contribution is -2.33. The molecule has 5 nitrogen and oxygen atoms in total. The van der Waals surface area contributed by atoms with Gasteiger partial charge in [0.1, 0.15) is 6.54 Å². The average molecular weight is 327 g/mol. The highest BCUT2D eigenvalue weighted by atomic mass is 32.1. The minimum atomic E-state index is -0.184. The molecule has 6 heteroatoms. The lowest BCUT2D eigenvalue weighted by molar-refractivity contribution is -0.131. The van der Waals surface area contributed by atoms with Crippen molar-refractivity contribution >= 4 is 28.1 Å². The number of aromatic nitrogens is 2. The van der Waals surface area contributed by atoms with Gasteiger partial charge in [0.2, 0.25) is 5.91 Å². The third kappa shape index (κ3) is 3.17. The number of benzene rings is 1. The minimum absolute atomic E-state index is 0.00239. The van der Waals surface area contributed by atoms with E-state index in [1.165, 1.54) is 10.9 Å². The molecule has 0 aliphatic carbocycles.